The fraction of sp³-hybridized carbons (Fsp3) is 0.588. The van der Waals surface area contributed by atoms with Crippen molar-refractivity contribution >= 4 is 32.0 Å². The number of sulfonamides is 1. The van der Waals surface area contributed by atoms with E-state index in [1.165, 1.54) is 4.31 Å². The Bertz CT molecular complexity index is 698. The van der Waals surface area contributed by atoms with Crippen molar-refractivity contribution in [1.29, 1.82) is 0 Å². The van der Waals surface area contributed by atoms with Crippen LogP contribution in [0.25, 0.3) is 0 Å². The normalized spacial score (nSPS) is 17.2. The van der Waals surface area contributed by atoms with Crippen LogP contribution < -0.4 is 0 Å². The molecule has 0 bridgehead atoms. The molecule has 0 unspecified atom stereocenters. The summed E-state index contributed by atoms with van der Waals surface area (Å²) in [7, 11) is -3.56. The van der Waals surface area contributed by atoms with E-state index in [-0.39, 0.29) is 11.4 Å². The van der Waals surface area contributed by atoms with Crippen LogP contribution in [0, 0.1) is 0 Å². The lowest BCUT2D eigenvalue weighted by Gasteiger charge is -2.26. The monoisotopic (exact) mass is 432 g/mol. The molecule has 8 heteroatoms. The van der Waals surface area contributed by atoms with Gasteiger partial charge in [-0.1, -0.05) is 28.1 Å². The van der Waals surface area contributed by atoms with Crippen LogP contribution in [-0.4, -0.2) is 55.5 Å². The van der Waals surface area contributed by atoms with Gasteiger partial charge in [-0.05, 0) is 44.9 Å². The van der Waals surface area contributed by atoms with Gasteiger partial charge in [0, 0.05) is 31.5 Å². The number of carbonyl (C=O) groups excluding carboxylic acids is 1. The van der Waals surface area contributed by atoms with Crippen molar-refractivity contribution in [3.8, 4) is 0 Å². The molecule has 1 aliphatic heterocycles. The Balaban J connectivity index is 2.07. The molecule has 0 saturated carbocycles. The Morgan fingerprint density at radius 3 is 2.32 bits per heavy atom. The summed E-state index contributed by atoms with van der Waals surface area (Å²) in [6, 6.07) is 6.85. The number of halogens is 1. The number of rotatable bonds is 3. The molecule has 1 heterocycles. The summed E-state index contributed by atoms with van der Waals surface area (Å²) in [6.07, 6.45) is 0.186. The van der Waals surface area contributed by atoms with E-state index in [2.05, 4.69) is 15.9 Å². The van der Waals surface area contributed by atoms with Crippen molar-refractivity contribution in [2.75, 3.05) is 26.2 Å². The minimum atomic E-state index is -3.56. The molecule has 0 atom stereocenters. The Morgan fingerprint density at radius 1 is 1.12 bits per heavy atom. The third-order valence-corrected chi connectivity index (χ3v) is 6.38. The van der Waals surface area contributed by atoms with E-state index in [1.807, 2.05) is 20.8 Å². The smallest absolute Gasteiger partial charge is 0.410 e. The molecule has 1 aromatic carbocycles. The van der Waals surface area contributed by atoms with Crippen LogP contribution in [-0.2, 0) is 20.1 Å². The Kier molecular flexibility index (Phi) is 6.51. The third-order valence-electron chi connectivity index (χ3n) is 3.82. The maximum absolute atomic E-state index is 12.8. The predicted molar refractivity (Wildman–Crippen MR) is 100 cm³/mol. The third kappa shape index (κ3) is 5.43. The molecule has 2 rings (SSSR count). The highest BCUT2D eigenvalue weighted by Gasteiger charge is 2.29. The molecule has 0 aliphatic carbocycles. The summed E-state index contributed by atoms with van der Waals surface area (Å²) in [6.45, 7) is 6.92. The number of carbonyl (C=O) groups is 1. The second kappa shape index (κ2) is 8.05. The highest BCUT2D eigenvalue weighted by atomic mass is 79.9. The standard InChI is InChI=1S/C17H25BrN2O4S/c1-17(2,3)24-16(21)19-9-4-10-20(12-11-19)25(22,23)15-7-5-14(13-18)6-8-15/h5-8H,4,9-13H2,1-3H3. The number of amides is 1. The van der Waals surface area contributed by atoms with Gasteiger partial charge in [-0.15, -0.1) is 0 Å². The van der Waals surface area contributed by atoms with Crippen LogP contribution in [0.1, 0.15) is 32.8 Å². The molecule has 1 aromatic rings. The van der Waals surface area contributed by atoms with Gasteiger partial charge in [-0.3, -0.25) is 0 Å². The minimum Gasteiger partial charge on any atom is -0.444 e. The summed E-state index contributed by atoms with van der Waals surface area (Å²) in [5.41, 5.74) is 0.456. The van der Waals surface area contributed by atoms with Gasteiger partial charge in [-0.2, -0.15) is 4.31 Å². The first-order valence-electron chi connectivity index (χ1n) is 8.26. The molecule has 1 saturated heterocycles. The average Bonchev–Trinajstić information content (AvgIpc) is 2.80. The zero-order valence-electron chi connectivity index (χ0n) is 14.9. The van der Waals surface area contributed by atoms with Gasteiger partial charge in [0.2, 0.25) is 10.0 Å². The quantitative estimate of drug-likeness (QED) is 0.687. The summed E-state index contributed by atoms with van der Waals surface area (Å²) in [4.78, 5) is 14.1. The van der Waals surface area contributed by atoms with Crippen LogP contribution >= 0.6 is 15.9 Å². The topological polar surface area (TPSA) is 66.9 Å². The molecule has 140 valence electrons. The van der Waals surface area contributed by atoms with Crippen molar-refractivity contribution in [3.05, 3.63) is 29.8 Å². The summed E-state index contributed by atoms with van der Waals surface area (Å²) in [5, 5.41) is 0.682. The molecule has 1 fully saturated rings. The van der Waals surface area contributed by atoms with Crippen molar-refractivity contribution in [2.24, 2.45) is 0 Å². The van der Waals surface area contributed by atoms with E-state index >= 15 is 0 Å². The summed E-state index contributed by atoms with van der Waals surface area (Å²) < 4.78 is 32.5. The van der Waals surface area contributed by atoms with Crippen LogP contribution in [0.4, 0.5) is 4.79 Å². The fourth-order valence-electron chi connectivity index (χ4n) is 2.54. The van der Waals surface area contributed by atoms with E-state index in [1.54, 1.807) is 29.2 Å². The second-order valence-electron chi connectivity index (χ2n) is 7.00. The Hall–Kier alpha value is -1.12. The Morgan fingerprint density at radius 2 is 1.76 bits per heavy atom. The number of hydrogen-bond donors (Lipinski definition) is 0. The highest BCUT2D eigenvalue weighted by molar-refractivity contribution is 9.08. The van der Waals surface area contributed by atoms with Crippen molar-refractivity contribution in [1.82, 2.24) is 9.21 Å². The van der Waals surface area contributed by atoms with E-state index in [9.17, 15) is 13.2 Å². The molecule has 6 nitrogen and oxygen atoms in total. The molecule has 1 amide bonds. The van der Waals surface area contributed by atoms with Crippen molar-refractivity contribution in [2.45, 2.75) is 43.0 Å². The number of ether oxygens (including phenoxy) is 1. The van der Waals surface area contributed by atoms with Crippen LogP contribution in [0.3, 0.4) is 0 Å². The zero-order chi connectivity index (χ0) is 18.7. The molecule has 0 radical (unpaired) electrons. The van der Waals surface area contributed by atoms with Gasteiger partial charge < -0.3 is 9.64 Å². The lowest BCUT2D eigenvalue weighted by molar-refractivity contribution is 0.0260. The SMILES string of the molecule is CC(C)(C)OC(=O)N1CCCN(S(=O)(=O)c2ccc(CBr)cc2)CC1. The Labute approximate surface area is 158 Å². The van der Waals surface area contributed by atoms with E-state index in [0.29, 0.717) is 31.4 Å². The molecule has 25 heavy (non-hydrogen) atoms. The first-order chi connectivity index (χ1) is 11.6. The summed E-state index contributed by atoms with van der Waals surface area (Å²) >= 11 is 3.35. The molecule has 0 spiro atoms. The number of alkyl halides is 1. The number of benzene rings is 1. The summed E-state index contributed by atoms with van der Waals surface area (Å²) in [5.74, 6) is 0. The van der Waals surface area contributed by atoms with E-state index in [0.717, 1.165) is 5.56 Å². The molecule has 0 aromatic heterocycles. The average molecular weight is 433 g/mol. The maximum Gasteiger partial charge on any atom is 0.410 e. The lowest BCUT2D eigenvalue weighted by Crippen LogP contribution is -2.40. The van der Waals surface area contributed by atoms with Crippen LogP contribution in [0.2, 0.25) is 0 Å². The van der Waals surface area contributed by atoms with Gasteiger partial charge in [0.05, 0.1) is 4.90 Å². The first-order valence-corrected chi connectivity index (χ1v) is 10.8. The molecular weight excluding hydrogens is 408 g/mol. The largest absolute Gasteiger partial charge is 0.444 e. The van der Waals surface area contributed by atoms with Crippen LogP contribution in [0.5, 0.6) is 0 Å². The predicted octanol–water partition coefficient (Wildman–Crippen LogP) is 3.21. The van der Waals surface area contributed by atoms with Gasteiger partial charge in [-0.25, -0.2) is 13.2 Å². The van der Waals surface area contributed by atoms with Gasteiger partial charge >= 0.3 is 6.09 Å². The molecule has 0 N–H and O–H groups in total. The molecular formula is C17H25BrN2O4S. The van der Waals surface area contributed by atoms with E-state index < -0.39 is 21.7 Å². The van der Waals surface area contributed by atoms with Crippen molar-refractivity contribution in [3.63, 3.8) is 0 Å². The number of hydrogen-bond acceptors (Lipinski definition) is 4. The lowest BCUT2D eigenvalue weighted by atomic mass is 10.2. The van der Waals surface area contributed by atoms with Crippen molar-refractivity contribution < 1.29 is 17.9 Å². The minimum absolute atomic E-state index is 0.266. The zero-order valence-corrected chi connectivity index (χ0v) is 17.3. The van der Waals surface area contributed by atoms with E-state index in [4.69, 9.17) is 4.74 Å². The molecule has 1 aliphatic rings. The van der Waals surface area contributed by atoms with Gasteiger partial charge in [0.25, 0.3) is 0 Å². The van der Waals surface area contributed by atoms with Gasteiger partial charge in [0.15, 0.2) is 0 Å². The number of nitrogens with zero attached hydrogens (tertiary/aromatic N) is 2. The highest BCUT2D eigenvalue weighted by Crippen LogP contribution is 2.20. The second-order valence-corrected chi connectivity index (χ2v) is 9.50. The first kappa shape index (κ1) is 20.2. The maximum atomic E-state index is 12.8. The van der Waals surface area contributed by atoms with Gasteiger partial charge in [0.1, 0.15) is 5.60 Å². The van der Waals surface area contributed by atoms with Crippen LogP contribution in [0.15, 0.2) is 29.2 Å². The fourth-order valence-corrected chi connectivity index (χ4v) is 4.39.